The minimum absolute atomic E-state index is 0.0387. The van der Waals surface area contributed by atoms with Gasteiger partial charge in [0.2, 0.25) is 6.79 Å². The molecule has 2 N–H and O–H groups in total. The van der Waals surface area contributed by atoms with Gasteiger partial charge in [0, 0.05) is 43.6 Å². The first kappa shape index (κ1) is 20.1. The molecule has 1 aromatic heterocycles. The molecular formula is C18H22F2N4O3S. The summed E-state index contributed by atoms with van der Waals surface area (Å²) in [6.07, 6.45) is 1.70. The Kier molecular flexibility index (Phi) is 6.85. The average Bonchev–Trinajstić information content (AvgIpc) is 3.32. The van der Waals surface area contributed by atoms with Crippen LogP contribution in [0.3, 0.4) is 0 Å². The van der Waals surface area contributed by atoms with Crippen LogP contribution in [0.5, 0.6) is 17.2 Å². The van der Waals surface area contributed by atoms with Crippen molar-refractivity contribution < 1.29 is 23.0 Å². The van der Waals surface area contributed by atoms with E-state index >= 15 is 0 Å². The van der Waals surface area contributed by atoms with Gasteiger partial charge in [-0.2, -0.15) is 8.78 Å². The molecule has 2 aromatic rings. The fourth-order valence-electron chi connectivity index (χ4n) is 2.64. The van der Waals surface area contributed by atoms with Crippen molar-refractivity contribution in [2.24, 2.45) is 4.99 Å². The van der Waals surface area contributed by atoms with E-state index in [4.69, 9.17) is 9.47 Å². The van der Waals surface area contributed by atoms with Crippen LogP contribution in [-0.4, -0.2) is 37.9 Å². The number of nitrogens with zero attached hydrogens (tertiary/aromatic N) is 2. The van der Waals surface area contributed by atoms with Crippen LogP contribution < -0.4 is 24.8 Å². The zero-order chi connectivity index (χ0) is 19.9. The van der Waals surface area contributed by atoms with Crippen LogP contribution in [0.1, 0.15) is 23.2 Å². The molecular weight excluding hydrogens is 390 g/mol. The predicted octanol–water partition coefficient (Wildman–Crippen LogP) is 2.94. The Balaban J connectivity index is 1.56. The number of aromatic nitrogens is 1. The van der Waals surface area contributed by atoms with Crippen molar-refractivity contribution in [3.63, 3.8) is 0 Å². The molecule has 2 heterocycles. The highest BCUT2D eigenvalue weighted by atomic mass is 32.1. The number of ether oxygens (including phenoxy) is 3. The quantitative estimate of drug-likeness (QED) is 0.513. The lowest BCUT2D eigenvalue weighted by atomic mass is 10.1. The summed E-state index contributed by atoms with van der Waals surface area (Å²) in [7, 11) is 1.64. The van der Waals surface area contributed by atoms with Crippen LogP contribution in [0.2, 0.25) is 0 Å². The van der Waals surface area contributed by atoms with Crippen molar-refractivity contribution in [2.75, 3.05) is 20.4 Å². The maximum atomic E-state index is 12.7. The average molecular weight is 412 g/mol. The van der Waals surface area contributed by atoms with Gasteiger partial charge in [-0.25, -0.2) is 4.98 Å². The number of nitrogens with one attached hydrogen (secondary N) is 2. The summed E-state index contributed by atoms with van der Waals surface area (Å²) in [4.78, 5) is 8.67. The summed E-state index contributed by atoms with van der Waals surface area (Å²) < 4.78 is 40.6. The molecule has 28 heavy (non-hydrogen) atoms. The van der Waals surface area contributed by atoms with Crippen LogP contribution >= 0.6 is 11.3 Å². The molecule has 0 bridgehead atoms. The Hall–Kier alpha value is -2.62. The highest BCUT2D eigenvalue weighted by Crippen LogP contribution is 2.38. The third-order valence-corrected chi connectivity index (χ3v) is 5.06. The van der Waals surface area contributed by atoms with Crippen LogP contribution in [0.25, 0.3) is 0 Å². The smallest absolute Gasteiger partial charge is 0.387 e. The highest BCUT2D eigenvalue weighted by Gasteiger charge is 2.20. The molecule has 0 spiro atoms. The molecule has 0 radical (unpaired) electrons. The van der Waals surface area contributed by atoms with E-state index in [1.54, 1.807) is 24.5 Å². The van der Waals surface area contributed by atoms with E-state index < -0.39 is 6.61 Å². The molecule has 10 heteroatoms. The summed E-state index contributed by atoms with van der Waals surface area (Å²) in [5.41, 5.74) is 1.55. The van der Waals surface area contributed by atoms with Crippen LogP contribution in [0.4, 0.5) is 8.78 Å². The fourth-order valence-corrected chi connectivity index (χ4v) is 3.42. The number of hydrogen-bond acceptors (Lipinski definition) is 6. The standard InChI is InChI=1S/C18H22F2N4O3S/c1-3-16-24-12(9-28-16)4-5-22-18(21-2)23-8-11-6-14-15(26-10-25-14)7-13(11)27-17(19)20/h6-7,9,17H,3-5,8,10H2,1-2H3,(H2,21,22,23). The maximum Gasteiger partial charge on any atom is 0.387 e. The third-order valence-electron chi connectivity index (χ3n) is 4.02. The van der Waals surface area contributed by atoms with E-state index in [0.29, 0.717) is 29.6 Å². The normalized spacial score (nSPS) is 13.1. The van der Waals surface area contributed by atoms with Gasteiger partial charge in [0.05, 0.1) is 10.7 Å². The highest BCUT2D eigenvalue weighted by molar-refractivity contribution is 7.09. The topological polar surface area (TPSA) is 77.0 Å². The Bertz CT molecular complexity index is 829. The summed E-state index contributed by atoms with van der Waals surface area (Å²) in [6, 6.07) is 3.04. The molecule has 0 amide bonds. The Morgan fingerprint density at radius 1 is 1.32 bits per heavy atom. The number of aliphatic imine (C=N–C) groups is 1. The van der Waals surface area contributed by atoms with Crippen molar-refractivity contribution in [1.29, 1.82) is 0 Å². The van der Waals surface area contributed by atoms with E-state index in [2.05, 4.69) is 37.7 Å². The monoisotopic (exact) mass is 412 g/mol. The van der Waals surface area contributed by atoms with E-state index in [1.165, 1.54) is 6.07 Å². The third kappa shape index (κ3) is 5.22. The van der Waals surface area contributed by atoms with Crippen molar-refractivity contribution >= 4 is 17.3 Å². The van der Waals surface area contributed by atoms with Gasteiger partial charge < -0.3 is 24.8 Å². The van der Waals surface area contributed by atoms with Crippen LogP contribution in [0.15, 0.2) is 22.5 Å². The Morgan fingerprint density at radius 3 is 2.79 bits per heavy atom. The molecule has 1 aliphatic heterocycles. The summed E-state index contributed by atoms with van der Waals surface area (Å²) in [6.45, 7) is 0.0837. The first-order chi connectivity index (χ1) is 13.6. The lowest BCUT2D eigenvalue weighted by Gasteiger charge is -2.15. The minimum Gasteiger partial charge on any atom is -0.454 e. The zero-order valence-corrected chi connectivity index (χ0v) is 16.4. The molecule has 0 saturated carbocycles. The molecule has 0 atom stereocenters. The largest absolute Gasteiger partial charge is 0.454 e. The van der Waals surface area contributed by atoms with Crippen molar-refractivity contribution in [3.8, 4) is 17.2 Å². The molecule has 0 fully saturated rings. The fraction of sp³-hybridized carbons (Fsp3) is 0.444. The number of thiazole rings is 1. The molecule has 3 rings (SSSR count). The minimum atomic E-state index is -2.93. The molecule has 1 aromatic carbocycles. The van der Waals surface area contributed by atoms with E-state index in [9.17, 15) is 8.78 Å². The van der Waals surface area contributed by atoms with Gasteiger partial charge in [0.15, 0.2) is 17.5 Å². The molecule has 0 unspecified atom stereocenters. The number of guanidine groups is 1. The van der Waals surface area contributed by atoms with Gasteiger partial charge in [-0.1, -0.05) is 6.92 Å². The number of rotatable bonds is 8. The molecule has 0 saturated heterocycles. The summed E-state index contributed by atoms with van der Waals surface area (Å²) >= 11 is 1.66. The van der Waals surface area contributed by atoms with Gasteiger partial charge in [-0.3, -0.25) is 4.99 Å². The van der Waals surface area contributed by atoms with Gasteiger partial charge in [0.1, 0.15) is 5.75 Å². The van der Waals surface area contributed by atoms with Crippen LogP contribution in [0, 0.1) is 0 Å². The van der Waals surface area contributed by atoms with Crippen molar-refractivity contribution in [2.45, 2.75) is 32.9 Å². The molecule has 0 aliphatic carbocycles. The molecule has 7 nitrogen and oxygen atoms in total. The number of benzene rings is 1. The van der Waals surface area contributed by atoms with Gasteiger partial charge in [0.25, 0.3) is 0 Å². The predicted molar refractivity (Wildman–Crippen MR) is 103 cm³/mol. The number of halogens is 2. The second-order valence-corrected chi connectivity index (χ2v) is 6.82. The number of hydrogen-bond donors (Lipinski definition) is 2. The van der Waals surface area contributed by atoms with E-state index in [-0.39, 0.29) is 19.1 Å². The number of fused-ring (bicyclic) bond motifs is 1. The van der Waals surface area contributed by atoms with Crippen LogP contribution in [-0.2, 0) is 19.4 Å². The van der Waals surface area contributed by atoms with Gasteiger partial charge in [-0.15, -0.1) is 11.3 Å². The van der Waals surface area contributed by atoms with Gasteiger partial charge >= 0.3 is 6.61 Å². The molecule has 152 valence electrons. The van der Waals surface area contributed by atoms with E-state index in [0.717, 1.165) is 23.5 Å². The Labute approximate surface area is 165 Å². The van der Waals surface area contributed by atoms with Crippen molar-refractivity contribution in [3.05, 3.63) is 33.8 Å². The van der Waals surface area contributed by atoms with E-state index in [1.807, 2.05) is 0 Å². The Morgan fingerprint density at radius 2 is 2.11 bits per heavy atom. The lowest BCUT2D eigenvalue weighted by Crippen LogP contribution is -2.38. The second-order valence-electron chi connectivity index (χ2n) is 5.88. The van der Waals surface area contributed by atoms with Gasteiger partial charge in [-0.05, 0) is 12.5 Å². The zero-order valence-electron chi connectivity index (χ0n) is 15.6. The number of alkyl halides is 2. The first-order valence-corrected chi connectivity index (χ1v) is 9.72. The lowest BCUT2D eigenvalue weighted by molar-refractivity contribution is -0.0505. The summed E-state index contributed by atoms with van der Waals surface area (Å²) in [5, 5.41) is 9.45. The maximum absolute atomic E-state index is 12.7. The SMILES string of the molecule is CCc1nc(CCNC(=NC)NCc2cc3c(cc2OC(F)F)OCO3)cs1. The first-order valence-electron chi connectivity index (χ1n) is 8.84. The van der Waals surface area contributed by atoms with Crippen molar-refractivity contribution in [1.82, 2.24) is 15.6 Å². The summed E-state index contributed by atoms with van der Waals surface area (Å²) in [5.74, 6) is 1.47. The molecule has 1 aliphatic rings. The second kappa shape index (κ2) is 9.54. The number of aryl methyl sites for hydroxylation is 1.